The van der Waals surface area contributed by atoms with E-state index in [1.54, 1.807) is 0 Å². The number of likely N-dealkylation sites (N-methyl/N-ethyl adjacent to an activating group) is 1. The van der Waals surface area contributed by atoms with Crippen molar-refractivity contribution in [3.8, 4) is 0 Å². The van der Waals surface area contributed by atoms with Gasteiger partial charge in [-0.05, 0) is 88.5 Å². The monoisotopic (exact) mass is 539 g/mol. The molecule has 1 aromatic heterocycles. The van der Waals surface area contributed by atoms with Crippen molar-refractivity contribution in [1.82, 2.24) is 15.2 Å². The summed E-state index contributed by atoms with van der Waals surface area (Å²) >= 11 is 0. The van der Waals surface area contributed by atoms with Gasteiger partial charge in [0.05, 0.1) is 29.7 Å². The molecule has 3 aliphatic rings. The van der Waals surface area contributed by atoms with Crippen LogP contribution < -0.4 is 5.32 Å². The normalized spacial score (nSPS) is 23.3. The second-order valence-electron chi connectivity index (χ2n) is 11.3. The van der Waals surface area contributed by atoms with Crippen LogP contribution in [0.1, 0.15) is 66.0 Å². The summed E-state index contributed by atoms with van der Waals surface area (Å²) in [6.07, 6.45) is 3.97. The van der Waals surface area contributed by atoms with E-state index < -0.39 is 24.0 Å². The van der Waals surface area contributed by atoms with Crippen LogP contribution in [-0.2, 0) is 19.1 Å². The number of dihydropyridines is 1. The van der Waals surface area contributed by atoms with Gasteiger partial charge < -0.3 is 19.8 Å². The van der Waals surface area contributed by atoms with E-state index in [4.69, 9.17) is 9.47 Å². The van der Waals surface area contributed by atoms with Crippen molar-refractivity contribution < 1.29 is 19.1 Å². The molecule has 4 heterocycles. The minimum atomic E-state index is -0.604. The van der Waals surface area contributed by atoms with Gasteiger partial charge in [-0.15, -0.1) is 0 Å². The summed E-state index contributed by atoms with van der Waals surface area (Å²) < 4.78 is 11.9. The van der Waals surface area contributed by atoms with E-state index >= 15 is 0 Å². The van der Waals surface area contributed by atoms with Gasteiger partial charge in [0, 0.05) is 34.9 Å². The van der Waals surface area contributed by atoms with Crippen LogP contribution >= 0.6 is 0 Å². The Balaban J connectivity index is 1.56. The van der Waals surface area contributed by atoms with Gasteiger partial charge in [-0.1, -0.05) is 29.8 Å². The molecule has 1 saturated heterocycles. The third kappa shape index (κ3) is 4.33. The number of benzene rings is 2. The number of ether oxygens (including phenoxy) is 2. The number of cyclic esters (lactones) is 1. The summed E-state index contributed by atoms with van der Waals surface area (Å²) in [6, 6.07) is 12.3. The van der Waals surface area contributed by atoms with Crippen molar-refractivity contribution in [2.45, 2.75) is 65.0 Å². The van der Waals surface area contributed by atoms with Crippen molar-refractivity contribution in [2.24, 2.45) is 0 Å². The molecule has 3 atom stereocenters. The number of carbonyl (C=O) groups excluding carboxylic acids is 2. The molecule has 208 valence electrons. The Morgan fingerprint density at radius 2 is 1.93 bits per heavy atom. The molecule has 0 radical (unpaired) electrons. The van der Waals surface area contributed by atoms with Crippen LogP contribution in [0.3, 0.4) is 0 Å². The van der Waals surface area contributed by atoms with Crippen LogP contribution in [0, 0.1) is 20.8 Å². The number of H-pyrrole nitrogens is 1. The minimum Gasteiger partial charge on any atom is -0.463 e. The fraction of sp³-hybridized carbons (Fsp3) is 0.394. The lowest BCUT2D eigenvalue weighted by Crippen LogP contribution is -2.43. The van der Waals surface area contributed by atoms with Gasteiger partial charge in [0.15, 0.2) is 0 Å². The zero-order chi connectivity index (χ0) is 28.1. The highest BCUT2D eigenvalue weighted by atomic mass is 16.5. The maximum atomic E-state index is 14.1. The third-order valence-electron chi connectivity index (χ3n) is 8.69. The number of rotatable bonds is 5. The molecule has 40 heavy (non-hydrogen) atoms. The highest BCUT2D eigenvalue weighted by molar-refractivity contribution is 6.02. The van der Waals surface area contributed by atoms with Crippen LogP contribution in [0.25, 0.3) is 10.9 Å². The molecule has 7 heteroatoms. The fourth-order valence-electron chi connectivity index (χ4n) is 7.10. The van der Waals surface area contributed by atoms with Crippen LogP contribution in [0.2, 0.25) is 0 Å². The van der Waals surface area contributed by atoms with E-state index in [1.165, 1.54) is 5.56 Å². The summed E-state index contributed by atoms with van der Waals surface area (Å²) in [4.78, 5) is 33.4. The first kappa shape index (κ1) is 26.4. The van der Waals surface area contributed by atoms with E-state index in [0.29, 0.717) is 17.6 Å². The SMILES string of the molecule is CCOC(=O)C1=C([C@H]2CCCN2C)NC2=C(C(=O)OC(c3c(C)cc(C)cc3C)C2)C1c1cccc2[nH]ccc12. The standard InChI is InChI=1S/C33H37N3O4/c1-6-39-32(37)30-28(22-9-7-10-23-21(22)12-13-34-23)29-24(35-31(30)25-11-8-14-36(25)5)17-26(40-33(29)38)27-19(3)15-18(2)16-20(27)4/h7,9-10,12-13,15-16,25-26,28,34-35H,6,8,11,14,17H2,1-5H3/t25-,26?,28?/m1/s1. The first-order chi connectivity index (χ1) is 19.3. The average molecular weight is 540 g/mol. The first-order valence-corrected chi connectivity index (χ1v) is 14.2. The number of hydrogen-bond donors (Lipinski definition) is 2. The molecule has 1 fully saturated rings. The van der Waals surface area contributed by atoms with Crippen molar-refractivity contribution in [1.29, 1.82) is 0 Å². The molecular weight excluding hydrogens is 502 g/mol. The van der Waals surface area contributed by atoms with Crippen molar-refractivity contribution in [3.63, 3.8) is 0 Å². The summed E-state index contributed by atoms with van der Waals surface area (Å²) in [5.74, 6) is -1.39. The van der Waals surface area contributed by atoms with Gasteiger partial charge in [0.2, 0.25) is 0 Å². The second kappa shape index (κ2) is 10.3. The molecule has 2 N–H and O–H groups in total. The van der Waals surface area contributed by atoms with Gasteiger partial charge in [-0.25, -0.2) is 9.59 Å². The van der Waals surface area contributed by atoms with E-state index in [-0.39, 0.29) is 12.6 Å². The average Bonchev–Trinajstić information content (AvgIpc) is 3.56. The van der Waals surface area contributed by atoms with Crippen molar-refractivity contribution >= 4 is 22.8 Å². The Hall–Kier alpha value is -3.84. The van der Waals surface area contributed by atoms with E-state index in [2.05, 4.69) is 55.2 Å². The van der Waals surface area contributed by atoms with Crippen LogP contribution in [-0.4, -0.2) is 48.1 Å². The number of nitrogens with one attached hydrogen (secondary N) is 2. The minimum absolute atomic E-state index is 0.0284. The van der Waals surface area contributed by atoms with E-state index in [1.807, 2.05) is 37.4 Å². The molecule has 3 aliphatic heterocycles. The van der Waals surface area contributed by atoms with Gasteiger partial charge in [0.25, 0.3) is 0 Å². The van der Waals surface area contributed by atoms with Gasteiger partial charge >= 0.3 is 11.9 Å². The van der Waals surface area contributed by atoms with Crippen molar-refractivity contribution in [2.75, 3.05) is 20.2 Å². The maximum Gasteiger partial charge on any atom is 0.337 e. The summed E-state index contributed by atoms with van der Waals surface area (Å²) in [7, 11) is 2.10. The molecule has 2 aromatic carbocycles. The number of nitrogens with zero attached hydrogens (tertiary/aromatic N) is 1. The molecule has 0 bridgehead atoms. The largest absolute Gasteiger partial charge is 0.463 e. The Morgan fingerprint density at radius 1 is 1.15 bits per heavy atom. The predicted molar refractivity (Wildman–Crippen MR) is 155 cm³/mol. The summed E-state index contributed by atoms with van der Waals surface area (Å²) in [5, 5.41) is 4.62. The molecular formula is C33H37N3O4. The number of hydrogen-bond acceptors (Lipinski definition) is 6. The quantitative estimate of drug-likeness (QED) is 0.409. The van der Waals surface area contributed by atoms with Crippen LogP contribution in [0.4, 0.5) is 0 Å². The first-order valence-electron chi connectivity index (χ1n) is 14.2. The number of aryl methyl sites for hydroxylation is 3. The lowest BCUT2D eigenvalue weighted by atomic mass is 9.76. The van der Waals surface area contributed by atoms with Gasteiger partial charge in [-0.3, -0.25) is 4.90 Å². The molecule has 0 amide bonds. The molecule has 3 aromatic rings. The van der Waals surface area contributed by atoms with Crippen LogP contribution in [0.15, 0.2) is 65.1 Å². The number of esters is 2. The van der Waals surface area contributed by atoms with E-state index in [9.17, 15) is 9.59 Å². The summed E-state index contributed by atoms with van der Waals surface area (Å²) in [6.45, 7) is 9.25. The topological polar surface area (TPSA) is 83.7 Å². The second-order valence-corrected chi connectivity index (χ2v) is 11.3. The number of aromatic amines is 1. The van der Waals surface area contributed by atoms with Crippen molar-refractivity contribution in [3.05, 3.63) is 93.0 Å². The Kier molecular flexibility index (Phi) is 6.78. The smallest absolute Gasteiger partial charge is 0.337 e. The molecule has 0 aliphatic carbocycles. The third-order valence-corrected chi connectivity index (χ3v) is 8.69. The summed E-state index contributed by atoms with van der Waals surface area (Å²) in [5.41, 5.74) is 9.00. The van der Waals surface area contributed by atoms with Gasteiger partial charge in [0.1, 0.15) is 6.10 Å². The highest BCUT2D eigenvalue weighted by Gasteiger charge is 2.46. The van der Waals surface area contributed by atoms with Crippen LogP contribution in [0.5, 0.6) is 0 Å². The number of likely N-dealkylation sites (tertiary alicyclic amines) is 1. The Bertz CT molecular complexity index is 1560. The lowest BCUT2D eigenvalue weighted by molar-refractivity contribution is -0.147. The zero-order valence-electron chi connectivity index (χ0n) is 23.9. The zero-order valence-corrected chi connectivity index (χ0v) is 23.9. The molecule has 0 saturated carbocycles. The van der Waals surface area contributed by atoms with E-state index in [0.717, 1.165) is 63.9 Å². The fourth-order valence-corrected chi connectivity index (χ4v) is 7.10. The number of fused-ring (bicyclic) bond motifs is 1. The molecule has 2 unspecified atom stereocenters. The molecule has 6 rings (SSSR count). The predicted octanol–water partition coefficient (Wildman–Crippen LogP) is 5.63. The molecule has 7 nitrogen and oxygen atoms in total. The maximum absolute atomic E-state index is 14.1. The Labute approximate surface area is 235 Å². The lowest BCUT2D eigenvalue weighted by Gasteiger charge is -2.40. The Morgan fingerprint density at radius 3 is 2.62 bits per heavy atom. The molecule has 0 spiro atoms. The highest BCUT2D eigenvalue weighted by Crippen LogP contribution is 2.48. The van der Waals surface area contributed by atoms with Gasteiger partial charge in [-0.2, -0.15) is 0 Å². The number of carbonyl (C=O) groups is 2. The number of aromatic nitrogens is 1.